The van der Waals surface area contributed by atoms with Gasteiger partial charge in [-0.05, 0) is 48.6 Å². The Morgan fingerprint density at radius 2 is 1.93 bits per heavy atom. The van der Waals surface area contributed by atoms with Crippen LogP contribution in [0.15, 0.2) is 74.7 Å². The molecule has 0 saturated carbocycles. The van der Waals surface area contributed by atoms with Crippen LogP contribution in [0.1, 0.15) is 54.4 Å². The van der Waals surface area contributed by atoms with Crippen molar-refractivity contribution >= 4 is 5.97 Å². The molecule has 3 atom stereocenters. The second-order valence-corrected chi connectivity index (χ2v) is 10.8. The first-order chi connectivity index (χ1) is 19.2. The van der Waals surface area contributed by atoms with Gasteiger partial charge in [-0.3, -0.25) is 19.3 Å². The molecule has 4 heterocycles. The zero-order chi connectivity index (χ0) is 28.4. The van der Waals surface area contributed by atoms with Gasteiger partial charge in [-0.2, -0.15) is 0 Å². The molecular formula is C31H34N2O7. The summed E-state index contributed by atoms with van der Waals surface area (Å²) in [6.07, 6.45) is 0.889. The van der Waals surface area contributed by atoms with E-state index in [0.29, 0.717) is 42.7 Å². The van der Waals surface area contributed by atoms with E-state index in [0.717, 1.165) is 30.8 Å². The molecule has 1 fully saturated rings. The summed E-state index contributed by atoms with van der Waals surface area (Å²) in [5, 5.41) is 10.8. The molecule has 2 bridgehead atoms. The van der Waals surface area contributed by atoms with Crippen LogP contribution in [0.3, 0.4) is 0 Å². The van der Waals surface area contributed by atoms with Crippen molar-refractivity contribution in [3.8, 4) is 11.5 Å². The van der Waals surface area contributed by atoms with Crippen molar-refractivity contribution in [3.63, 3.8) is 0 Å². The van der Waals surface area contributed by atoms with Gasteiger partial charge in [-0.1, -0.05) is 24.8 Å². The second-order valence-electron chi connectivity index (χ2n) is 10.8. The number of hydrogen-bond acceptors (Lipinski definition) is 8. The minimum atomic E-state index is -0.741. The molecule has 1 N–H and O–H groups in total. The highest BCUT2D eigenvalue weighted by Gasteiger charge is 2.35. The number of aromatic hydroxyl groups is 1. The molecule has 0 spiro atoms. The Kier molecular flexibility index (Phi) is 7.93. The Morgan fingerprint density at radius 3 is 2.65 bits per heavy atom. The molecule has 0 radical (unpaired) electrons. The SMILES string of the molecule is C=C(C)COc1ccc(C(CC(=O)OC)c2oc(CN3C[C@H]4C[C@@H](C3)c3cccc(=O)n3C4)cc(=O)c2O)cc1. The predicted molar refractivity (Wildman–Crippen MR) is 149 cm³/mol. The second kappa shape index (κ2) is 11.6. The lowest BCUT2D eigenvalue weighted by atomic mass is 9.83. The number of nitrogens with zero attached hydrogens (tertiary/aromatic N) is 2. The number of benzene rings is 1. The summed E-state index contributed by atoms with van der Waals surface area (Å²) < 4.78 is 18.6. The van der Waals surface area contributed by atoms with E-state index in [1.807, 2.05) is 17.6 Å². The molecular weight excluding hydrogens is 512 g/mol. The maximum Gasteiger partial charge on any atom is 0.306 e. The monoisotopic (exact) mass is 546 g/mol. The van der Waals surface area contributed by atoms with Crippen molar-refractivity contribution in [2.45, 2.75) is 44.7 Å². The Hall–Kier alpha value is -4.11. The van der Waals surface area contributed by atoms with Crippen molar-refractivity contribution in [1.29, 1.82) is 0 Å². The fraction of sp³-hybridized carbons (Fsp3) is 0.387. The molecule has 9 nitrogen and oxygen atoms in total. The summed E-state index contributed by atoms with van der Waals surface area (Å²) in [5.41, 5.74) is 2.04. The molecule has 0 aliphatic carbocycles. The lowest BCUT2D eigenvalue weighted by Gasteiger charge is -2.42. The summed E-state index contributed by atoms with van der Waals surface area (Å²) >= 11 is 0. The molecule has 2 aromatic heterocycles. The van der Waals surface area contributed by atoms with Crippen LogP contribution in [0.5, 0.6) is 11.5 Å². The highest BCUT2D eigenvalue weighted by atomic mass is 16.5. The van der Waals surface area contributed by atoms with Crippen LogP contribution in [0, 0.1) is 5.92 Å². The van der Waals surface area contributed by atoms with Crippen molar-refractivity contribution in [3.05, 3.63) is 104 Å². The largest absolute Gasteiger partial charge is 0.502 e. The quantitative estimate of drug-likeness (QED) is 0.319. The van der Waals surface area contributed by atoms with Gasteiger partial charge in [-0.15, -0.1) is 0 Å². The van der Waals surface area contributed by atoms with Gasteiger partial charge in [-0.25, -0.2) is 0 Å². The van der Waals surface area contributed by atoms with Gasteiger partial charge >= 0.3 is 5.97 Å². The van der Waals surface area contributed by atoms with Crippen LogP contribution in [-0.2, 0) is 22.6 Å². The molecule has 40 heavy (non-hydrogen) atoms. The average Bonchev–Trinajstić information content (AvgIpc) is 2.93. The number of pyridine rings is 1. The van der Waals surface area contributed by atoms with Gasteiger partial charge in [0.15, 0.2) is 5.76 Å². The van der Waals surface area contributed by atoms with Crippen LogP contribution in [0.25, 0.3) is 0 Å². The van der Waals surface area contributed by atoms with Gasteiger partial charge < -0.3 is 23.6 Å². The topological polar surface area (TPSA) is 111 Å². The van der Waals surface area contributed by atoms with E-state index in [2.05, 4.69) is 11.5 Å². The summed E-state index contributed by atoms with van der Waals surface area (Å²) in [5.74, 6) is -0.189. The first-order valence-corrected chi connectivity index (χ1v) is 13.4. The van der Waals surface area contributed by atoms with Gasteiger partial charge in [0.1, 0.15) is 18.1 Å². The number of aromatic nitrogens is 1. The minimum absolute atomic E-state index is 0.0256. The number of fused-ring (bicyclic) bond motifs is 4. The number of methoxy groups -OCH3 is 1. The Morgan fingerprint density at radius 1 is 1.15 bits per heavy atom. The molecule has 0 amide bonds. The molecule has 2 aliphatic heterocycles. The van der Waals surface area contributed by atoms with Crippen molar-refractivity contribution in [2.75, 3.05) is 26.8 Å². The maximum atomic E-state index is 12.9. The number of hydrogen-bond donors (Lipinski definition) is 1. The summed E-state index contributed by atoms with van der Waals surface area (Å²) in [6.45, 7) is 8.59. The first-order valence-electron chi connectivity index (χ1n) is 13.4. The molecule has 3 aromatic rings. The third-order valence-corrected chi connectivity index (χ3v) is 7.62. The lowest BCUT2D eigenvalue weighted by molar-refractivity contribution is -0.140. The molecule has 5 rings (SSSR count). The van der Waals surface area contributed by atoms with Gasteiger partial charge in [0, 0.05) is 43.4 Å². The molecule has 9 heteroatoms. The van der Waals surface area contributed by atoms with E-state index in [9.17, 15) is 19.5 Å². The zero-order valence-electron chi connectivity index (χ0n) is 22.8. The minimum Gasteiger partial charge on any atom is -0.502 e. The van der Waals surface area contributed by atoms with E-state index >= 15 is 0 Å². The zero-order valence-corrected chi connectivity index (χ0v) is 22.8. The Labute approximate surface area is 232 Å². The van der Waals surface area contributed by atoms with Gasteiger partial charge in [0.2, 0.25) is 11.2 Å². The molecule has 1 aromatic carbocycles. The highest BCUT2D eigenvalue weighted by molar-refractivity contribution is 5.71. The lowest BCUT2D eigenvalue weighted by Crippen LogP contribution is -2.46. The first kappa shape index (κ1) is 27.5. The number of carbonyl (C=O) groups excluding carboxylic acids is 1. The molecule has 2 aliphatic rings. The smallest absolute Gasteiger partial charge is 0.306 e. The van der Waals surface area contributed by atoms with Crippen LogP contribution >= 0.6 is 0 Å². The number of ether oxygens (including phenoxy) is 2. The fourth-order valence-corrected chi connectivity index (χ4v) is 5.83. The Balaban J connectivity index is 1.41. The molecule has 1 unspecified atom stereocenters. The molecule has 1 saturated heterocycles. The van der Waals surface area contributed by atoms with Crippen LogP contribution in [0.2, 0.25) is 0 Å². The third kappa shape index (κ3) is 5.89. The van der Waals surface area contributed by atoms with Crippen LogP contribution < -0.4 is 15.7 Å². The van der Waals surface area contributed by atoms with Crippen LogP contribution in [-0.4, -0.2) is 47.3 Å². The standard InChI is InChI=1S/C31H34N2O7/c1-19(2)18-39-23-9-7-21(8-10-23)25(13-29(36)38-3)31-30(37)27(34)12-24(40-31)17-32-14-20-11-22(16-32)26-5-4-6-28(35)33(26)15-20/h4-10,12,20,22,25,37H,1,11,13-18H2,2-3H3/t20-,22+,25?/m1/s1. The van der Waals surface area contributed by atoms with Crippen molar-refractivity contribution in [1.82, 2.24) is 9.47 Å². The van der Waals surface area contributed by atoms with Crippen molar-refractivity contribution < 1.29 is 23.8 Å². The van der Waals surface area contributed by atoms with E-state index in [1.54, 1.807) is 36.4 Å². The van der Waals surface area contributed by atoms with E-state index in [1.165, 1.54) is 13.2 Å². The van der Waals surface area contributed by atoms with E-state index in [4.69, 9.17) is 13.9 Å². The number of carbonyl (C=O) groups is 1. The number of esters is 1. The Bertz CT molecular complexity index is 1520. The van der Waals surface area contributed by atoms with E-state index in [-0.39, 0.29) is 23.7 Å². The normalized spacial score (nSPS) is 18.9. The van der Waals surface area contributed by atoms with Gasteiger partial charge in [0.25, 0.3) is 5.56 Å². The highest BCUT2D eigenvalue weighted by Crippen LogP contribution is 2.37. The predicted octanol–water partition coefficient (Wildman–Crippen LogP) is 3.78. The fourth-order valence-electron chi connectivity index (χ4n) is 5.83. The molecule has 210 valence electrons. The number of rotatable bonds is 9. The number of likely N-dealkylation sites (tertiary alicyclic amines) is 1. The summed E-state index contributed by atoms with van der Waals surface area (Å²) in [6, 6.07) is 13.8. The third-order valence-electron chi connectivity index (χ3n) is 7.62. The van der Waals surface area contributed by atoms with Crippen LogP contribution in [0.4, 0.5) is 0 Å². The summed E-state index contributed by atoms with van der Waals surface area (Å²) in [7, 11) is 1.29. The maximum absolute atomic E-state index is 12.9. The average molecular weight is 547 g/mol. The summed E-state index contributed by atoms with van der Waals surface area (Å²) in [4.78, 5) is 39.8. The van der Waals surface area contributed by atoms with Gasteiger partial charge in [0.05, 0.1) is 26.0 Å². The van der Waals surface area contributed by atoms with Crippen molar-refractivity contribution in [2.24, 2.45) is 5.92 Å². The number of piperidine rings is 1. The van der Waals surface area contributed by atoms with E-state index < -0.39 is 23.1 Å².